The number of benzene rings is 1. The molecule has 2 nitrogen and oxygen atoms in total. The molecule has 21 heavy (non-hydrogen) atoms. The van der Waals surface area contributed by atoms with Crippen LogP contribution in [0.1, 0.15) is 38.8 Å². The lowest BCUT2D eigenvalue weighted by Gasteiger charge is -2.32. The van der Waals surface area contributed by atoms with Gasteiger partial charge in [0.2, 0.25) is 0 Å². The number of alkyl halides is 3. The van der Waals surface area contributed by atoms with Crippen LogP contribution >= 0.6 is 11.6 Å². The van der Waals surface area contributed by atoms with Gasteiger partial charge in [0, 0.05) is 11.3 Å². The van der Waals surface area contributed by atoms with Gasteiger partial charge in [0.1, 0.15) is 0 Å². The Hall–Kier alpha value is -0.715. The lowest BCUT2D eigenvalue weighted by Crippen LogP contribution is -2.41. The fraction of sp³-hybridized carbons (Fsp3) is 0.571. The second-order valence-electron chi connectivity index (χ2n) is 6.24. The Morgan fingerprint density at radius 3 is 2.05 bits per heavy atom. The van der Waals surface area contributed by atoms with Crippen molar-refractivity contribution in [1.29, 1.82) is 0 Å². The van der Waals surface area contributed by atoms with Gasteiger partial charge in [-0.2, -0.15) is 13.2 Å². The second kappa shape index (κ2) is 5.18. The Balaban J connectivity index is 2.20. The van der Waals surface area contributed by atoms with E-state index in [4.69, 9.17) is 20.9 Å². The summed E-state index contributed by atoms with van der Waals surface area (Å²) < 4.78 is 49.9. The molecule has 0 saturated carbocycles. The highest BCUT2D eigenvalue weighted by Crippen LogP contribution is 2.38. The lowest BCUT2D eigenvalue weighted by atomic mass is 9.80. The molecule has 1 aromatic carbocycles. The minimum atomic E-state index is -4.42. The third kappa shape index (κ3) is 3.55. The Labute approximate surface area is 127 Å². The number of hydrogen-bond acceptors (Lipinski definition) is 2. The lowest BCUT2D eigenvalue weighted by molar-refractivity contribution is -0.137. The molecule has 7 heteroatoms. The zero-order chi connectivity index (χ0) is 16.1. The van der Waals surface area contributed by atoms with Gasteiger partial charge in [0.25, 0.3) is 0 Å². The summed E-state index contributed by atoms with van der Waals surface area (Å²) in [4.78, 5) is 0. The quantitative estimate of drug-likeness (QED) is 0.745. The smallest absolute Gasteiger partial charge is 0.403 e. The average molecular weight is 321 g/mol. The van der Waals surface area contributed by atoms with E-state index in [1.807, 2.05) is 27.7 Å². The van der Waals surface area contributed by atoms with E-state index in [2.05, 4.69) is 0 Å². The Bertz CT molecular complexity index is 528. The third-order valence-electron chi connectivity index (χ3n) is 3.99. The van der Waals surface area contributed by atoms with E-state index in [0.29, 0.717) is 5.56 Å². The molecule has 1 fully saturated rings. The Kier molecular flexibility index (Phi) is 4.11. The molecule has 0 aromatic heterocycles. The largest absolute Gasteiger partial charge is 0.462 e. The molecule has 0 bridgehead atoms. The molecular formula is C14H17BClF3O2. The molecule has 1 aliphatic heterocycles. The summed E-state index contributed by atoms with van der Waals surface area (Å²) in [6.45, 7) is 7.58. The van der Waals surface area contributed by atoms with Crippen molar-refractivity contribution in [3.05, 3.63) is 34.3 Å². The van der Waals surface area contributed by atoms with Crippen molar-refractivity contribution in [1.82, 2.24) is 0 Å². The van der Waals surface area contributed by atoms with Crippen LogP contribution in [0.2, 0.25) is 5.02 Å². The van der Waals surface area contributed by atoms with Crippen molar-refractivity contribution in [2.75, 3.05) is 0 Å². The van der Waals surface area contributed by atoms with Crippen LogP contribution in [-0.4, -0.2) is 18.3 Å². The van der Waals surface area contributed by atoms with Gasteiger partial charge in [0.15, 0.2) is 0 Å². The number of rotatable bonds is 2. The summed E-state index contributed by atoms with van der Waals surface area (Å²) in [7, 11) is -0.588. The van der Waals surface area contributed by atoms with Gasteiger partial charge in [0.05, 0.1) is 16.8 Å². The van der Waals surface area contributed by atoms with Crippen LogP contribution < -0.4 is 0 Å². The molecule has 1 saturated heterocycles. The predicted octanol–water partition coefficient (Wildman–Crippen LogP) is 4.53. The van der Waals surface area contributed by atoms with Crippen LogP contribution in [0.3, 0.4) is 0 Å². The van der Waals surface area contributed by atoms with E-state index >= 15 is 0 Å². The van der Waals surface area contributed by atoms with Gasteiger partial charge in [-0.05, 0) is 51.5 Å². The molecule has 2 rings (SSSR count). The minimum Gasteiger partial charge on any atom is -0.403 e. The predicted molar refractivity (Wildman–Crippen MR) is 76.2 cm³/mol. The molecule has 1 heterocycles. The topological polar surface area (TPSA) is 18.5 Å². The monoisotopic (exact) mass is 320 g/mol. The molecule has 1 aliphatic rings. The van der Waals surface area contributed by atoms with E-state index in [1.54, 1.807) is 0 Å². The van der Waals surface area contributed by atoms with Crippen LogP contribution in [0.25, 0.3) is 0 Å². The van der Waals surface area contributed by atoms with E-state index in [-0.39, 0.29) is 11.3 Å². The van der Waals surface area contributed by atoms with Crippen LogP contribution in [0, 0.1) is 0 Å². The van der Waals surface area contributed by atoms with Gasteiger partial charge < -0.3 is 9.31 Å². The van der Waals surface area contributed by atoms with Crippen LogP contribution in [0.5, 0.6) is 0 Å². The summed E-state index contributed by atoms with van der Waals surface area (Å²) in [6.07, 6.45) is -4.20. The fourth-order valence-corrected chi connectivity index (χ4v) is 2.43. The highest BCUT2D eigenvalue weighted by atomic mass is 35.5. The van der Waals surface area contributed by atoms with Crippen molar-refractivity contribution < 1.29 is 22.5 Å². The van der Waals surface area contributed by atoms with E-state index in [9.17, 15) is 13.2 Å². The molecule has 0 amide bonds. The fourth-order valence-electron chi connectivity index (χ4n) is 2.17. The first-order valence-electron chi connectivity index (χ1n) is 6.63. The van der Waals surface area contributed by atoms with Crippen LogP contribution in [0.15, 0.2) is 18.2 Å². The second-order valence-corrected chi connectivity index (χ2v) is 6.67. The van der Waals surface area contributed by atoms with Gasteiger partial charge in [-0.15, -0.1) is 0 Å². The Morgan fingerprint density at radius 1 is 1.05 bits per heavy atom. The summed E-state index contributed by atoms with van der Waals surface area (Å²) in [5, 5.41) is 0.0522. The van der Waals surface area contributed by atoms with Gasteiger partial charge in [-0.3, -0.25) is 0 Å². The number of halogens is 4. The summed E-state index contributed by atoms with van der Waals surface area (Å²) in [5.74, 6) is 0. The molecule has 1 aromatic rings. The van der Waals surface area contributed by atoms with Crippen LogP contribution in [0.4, 0.5) is 13.2 Å². The first-order valence-corrected chi connectivity index (χ1v) is 7.01. The summed E-state index contributed by atoms with van der Waals surface area (Å²) >= 11 is 5.77. The molecule has 0 radical (unpaired) electrons. The molecule has 116 valence electrons. The van der Waals surface area contributed by atoms with Crippen molar-refractivity contribution in [2.45, 2.75) is 51.4 Å². The summed E-state index contributed by atoms with van der Waals surface area (Å²) in [5.41, 5.74) is -1.35. The molecule has 0 spiro atoms. The van der Waals surface area contributed by atoms with Crippen molar-refractivity contribution >= 4 is 18.7 Å². The standard InChI is InChI=1S/C14H17BClF3O2/c1-12(2)13(3,4)21-15(20-12)8-9-5-10(14(17,18)19)7-11(16)6-9/h5-7H,8H2,1-4H3. The van der Waals surface area contributed by atoms with E-state index < -0.39 is 30.1 Å². The highest BCUT2D eigenvalue weighted by Gasteiger charge is 2.50. The van der Waals surface area contributed by atoms with Gasteiger partial charge in [-0.25, -0.2) is 0 Å². The van der Waals surface area contributed by atoms with Crippen molar-refractivity contribution in [2.24, 2.45) is 0 Å². The van der Waals surface area contributed by atoms with Gasteiger partial charge in [-0.1, -0.05) is 11.6 Å². The SMILES string of the molecule is CC1(C)OB(Cc2cc(Cl)cc(C(F)(F)F)c2)OC1(C)C. The maximum atomic E-state index is 12.8. The van der Waals surface area contributed by atoms with E-state index in [0.717, 1.165) is 12.1 Å². The highest BCUT2D eigenvalue weighted by molar-refractivity contribution is 6.45. The first kappa shape index (κ1) is 16.7. The molecule has 0 atom stereocenters. The van der Waals surface area contributed by atoms with Gasteiger partial charge >= 0.3 is 13.3 Å². The first-order chi connectivity index (χ1) is 9.41. The zero-order valence-electron chi connectivity index (χ0n) is 12.3. The summed E-state index contributed by atoms with van der Waals surface area (Å²) in [6, 6.07) is 3.49. The average Bonchev–Trinajstić information content (AvgIpc) is 2.44. The molecule has 0 N–H and O–H groups in total. The molecule has 0 unspecified atom stereocenters. The minimum absolute atomic E-state index is 0.0522. The maximum Gasteiger partial charge on any atom is 0.462 e. The normalized spacial score (nSPS) is 20.9. The zero-order valence-corrected chi connectivity index (χ0v) is 13.1. The van der Waals surface area contributed by atoms with E-state index in [1.165, 1.54) is 6.07 Å². The molecular weight excluding hydrogens is 303 g/mol. The van der Waals surface area contributed by atoms with Crippen LogP contribution in [-0.2, 0) is 21.8 Å². The third-order valence-corrected chi connectivity index (χ3v) is 4.21. The maximum absolute atomic E-state index is 12.8. The Morgan fingerprint density at radius 2 is 1.57 bits per heavy atom. The van der Waals surface area contributed by atoms with Crippen molar-refractivity contribution in [3.8, 4) is 0 Å². The van der Waals surface area contributed by atoms with Crippen molar-refractivity contribution in [3.63, 3.8) is 0 Å². The number of hydrogen-bond donors (Lipinski definition) is 0. The molecule has 0 aliphatic carbocycles.